The van der Waals surface area contributed by atoms with Gasteiger partial charge in [0.2, 0.25) is 10.0 Å². The van der Waals surface area contributed by atoms with Gasteiger partial charge in [-0.25, -0.2) is 13.1 Å². The Labute approximate surface area is 119 Å². The predicted molar refractivity (Wildman–Crippen MR) is 77.7 cm³/mol. The third-order valence-electron chi connectivity index (χ3n) is 3.39. The van der Waals surface area contributed by atoms with Gasteiger partial charge in [-0.3, -0.25) is 4.68 Å². The Morgan fingerprint density at radius 2 is 1.95 bits per heavy atom. The fraction of sp³-hybridized carbons (Fsp3) is 0.357. The summed E-state index contributed by atoms with van der Waals surface area (Å²) < 4.78 is 29.2. The Hall–Kier alpha value is -1.66. The van der Waals surface area contributed by atoms with Crippen molar-refractivity contribution >= 4 is 10.0 Å². The lowest BCUT2D eigenvalue weighted by Gasteiger charge is -2.17. The van der Waals surface area contributed by atoms with Crippen molar-refractivity contribution < 1.29 is 8.42 Å². The largest absolute Gasteiger partial charge is 0.272 e. The summed E-state index contributed by atoms with van der Waals surface area (Å²) >= 11 is 0. The monoisotopic (exact) mass is 293 g/mol. The average Bonchev–Trinajstić information content (AvgIpc) is 2.78. The maximum atomic E-state index is 12.4. The van der Waals surface area contributed by atoms with Gasteiger partial charge in [-0.1, -0.05) is 37.3 Å². The van der Waals surface area contributed by atoms with Crippen molar-refractivity contribution in [1.29, 1.82) is 0 Å². The molecule has 0 radical (unpaired) electrons. The summed E-state index contributed by atoms with van der Waals surface area (Å²) in [5.74, 6) is 0. The minimum Gasteiger partial charge on any atom is -0.272 e. The molecule has 108 valence electrons. The first-order chi connectivity index (χ1) is 9.45. The van der Waals surface area contributed by atoms with Crippen LogP contribution < -0.4 is 4.72 Å². The van der Waals surface area contributed by atoms with Crippen LogP contribution >= 0.6 is 0 Å². The van der Waals surface area contributed by atoms with Gasteiger partial charge < -0.3 is 0 Å². The molecule has 2 aromatic rings. The third kappa shape index (κ3) is 2.91. The van der Waals surface area contributed by atoms with Gasteiger partial charge in [-0.15, -0.1) is 0 Å². The Kier molecular flexibility index (Phi) is 4.25. The van der Waals surface area contributed by atoms with Crippen LogP contribution in [0.15, 0.2) is 41.4 Å². The predicted octanol–water partition coefficient (Wildman–Crippen LogP) is 2.16. The zero-order valence-corrected chi connectivity index (χ0v) is 12.7. The number of nitrogens with zero attached hydrogens (tertiary/aromatic N) is 2. The highest BCUT2D eigenvalue weighted by Gasteiger charge is 2.23. The minimum absolute atomic E-state index is 0.231. The average molecular weight is 293 g/mol. The molecule has 1 aromatic carbocycles. The number of aryl methyl sites for hydroxylation is 1. The molecule has 0 spiro atoms. The number of aromatic nitrogens is 2. The van der Waals surface area contributed by atoms with E-state index in [2.05, 4.69) is 9.82 Å². The molecule has 0 aliphatic heterocycles. The molecule has 0 aliphatic carbocycles. The SMILES string of the molecule is CCC(NS(=O)(=O)c1cnn(C)c1C)c1ccccc1. The summed E-state index contributed by atoms with van der Waals surface area (Å²) in [7, 11) is -1.84. The van der Waals surface area contributed by atoms with Gasteiger partial charge in [0.25, 0.3) is 0 Å². The number of hydrogen-bond donors (Lipinski definition) is 1. The first kappa shape index (κ1) is 14.7. The van der Waals surface area contributed by atoms with Gasteiger partial charge in [0.05, 0.1) is 11.9 Å². The molecular formula is C14H19N3O2S. The first-order valence-electron chi connectivity index (χ1n) is 6.51. The van der Waals surface area contributed by atoms with Crippen molar-refractivity contribution in [3.8, 4) is 0 Å². The lowest BCUT2D eigenvalue weighted by atomic mass is 10.1. The molecule has 0 amide bonds. The molecule has 1 N–H and O–H groups in total. The maximum Gasteiger partial charge on any atom is 0.244 e. The van der Waals surface area contributed by atoms with Crippen LogP contribution in [0.1, 0.15) is 30.6 Å². The van der Waals surface area contributed by atoms with Crippen LogP contribution in [0.5, 0.6) is 0 Å². The van der Waals surface area contributed by atoms with E-state index in [1.54, 1.807) is 18.7 Å². The molecule has 1 aromatic heterocycles. The molecular weight excluding hydrogens is 274 g/mol. The molecule has 0 aliphatic rings. The molecule has 1 atom stereocenters. The number of sulfonamides is 1. The van der Waals surface area contributed by atoms with Crippen LogP contribution in [-0.4, -0.2) is 18.2 Å². The second-order valence-electron chi connectivity index (χ2n) is 4.71. The smallest absolute Gasteiger partial charge is 0.244 e. The number of rotatable bonds is 5. The normalized spacial score (nSPS) is 13.3. The summed E-state index contributed by atoms with van der Waals surface area (Å²) in [6, 6.07) is 9.33. The highest BCUT2D eigenvalue weighted by molar-refractivity contribution is 7.89. The summed E-state index contributed by atoms with van der Waals surface area (Å²) in [5, 5.41) is 3.99. The van der Waals surface area contributed by atoms with E-state index < -0.39 is 10.0 Å². The minimum atomic E-state index is -3.56. The molecule has 0 saturated carbocycles. The van der Waals surface area contributed by atoms with Crippen molar-refractivity contribution in [2.75, 3.05) is 0 Å². The Morgan fingerprint density at radius 1 is 1.30 bits per heavy atom. The van der Waals surface area contributed by atoms with Crippen LogP contribution in [0, 0.1) is 6.92 Å². The number of benzene rings is 1. The molecule has 1 heterocycles. The molecule has 0 bridgehead atoms. The van der Waals surface area contributed by atoms with E-state index in [1.165, 1.54) is 6.20 Å². The van der Waals surface area contributed by atoms with E-state index >= 15 is 0 Å². The summed E-state index contributed by atoms with van der Waals surface area (Å²) in [4.78, 5) is 0.231. The topological polar surface area (TPSA) is 64.0 Å². The highest BCUT2D eigenvalue weighted by Crippen LogP contribution is 2.21. The van der Waals surface area contributed by atoms with Crippen LogP contribution in [0.4, 0.5) is 0 Å². The van der Waals surface area contributed by atoms with Gasteiger partial charge >= 0.3 is 0 Å². The second kappa shape index (κ2) is 5.76. The van der Waals surface area contributed by atoms with E-state index in [0.29, 0.717) is 12.1 Å². The van der Waals surface area contributed by atoms with Crippen molar-refractivity contribution in [3.63, 3.8) is 0 Å². The molecule has 2 rings (SSSR count). The van der Waals surface area contributed by atoms with Crippen LogP contribution in [-0.2, 0) is 17.1 Å². The van der Waals surface area contributed by atoms with Crippen LogP contribution in [0.25, 0.3) is 0 Å². The fourth-order valence-electron chi connectivity index (χ4n) is 2.07. The van der Waals surface area contributed by atoms with Gasteiger partial charge in [0.1, 0.15) is 4.90 Å². The molecule has 1 unspecified atom stereocenters. The number of nitrogens with one attached hydrogen (secondary N) is 1. The first-order valence-corrected chi connectivity index (χ1v) is 8.00. The van der Waals surface area contributed by atoms with Crippen molar-refractivity contribution in [1.82, 2.24) is 14.5 Å². The summed E-state index contributed by atoms with van der Waals surface area (Å²) in [5.41, 5.74) is 1.58. The highest BCUT2D eigenvalue weighted by atomic mass is 32.2. The van der Waals surface area contributed by atoms with Gasteiger partial charge in [-0.05, 0) is 18.9 Å². The number of hydrogen-bond acceptors (Lipinski definition) is 3. The van der Waals surface area contributed by atoms with E-state index in [-0.39, 0.29) is 10.9 Å². The van der Waals surface area contributed by atoms with E-state index in [9.17, 15) is 8.42 Å². The van der Waals surface area contributed by atoms with Crippen LogP contribution in [0.2, 0.25) is 0 Å². The van der Waals surface area contributed by atoms with Gasteiger partial charge in [0.15, 0.2) is 0 Å². The lowest BCUT2D eigenvalue weighted by molar-refractivity contribution is 0.549. The van der Waals surface area contributed by atoms with E-state index in [0.717, 1.165) is 5.56 Å². The Bertz CT molecular complexity index is 678. The van der Waals surface area contributed by atoms with Crippen molar-refractivity contribution in [2.24, 2.45) is 7.05 Å². The second-order valence-corrected chi connectivity index (χ2v) is 6.39. The molecule has 5 nitrogen and oxygen atoms in total. The Morgan fingerprint density at radius 3 is 2.45 bits per heavy atom. The zero-order chi connectivity index (χ0) is 14.8. The van der Waals surface area contributed by atoms with Gasteiger partial charge in [-0.2, -0.15) is 5.10 Å². The lowest BCUT2D eigenvalue weighted by Crippen LogP contribution is -2.28. The zero-order valence-electron chi connectivity index (χ0n) is 11.9. The van der Waals surface area contributed by atoms with E-state index in [1.807, 2.05) is 37.3 Å². The Balaban J connectivity index is 2.30. The molecule has 0 saturated heterocycles. The van der Waals surface area contributed by atoms with E-state index in [4.69, 9.17) is 0 Å². The quantitative estimate of drug-likeness (QED) is 0.918. The summed E-state index contributed by atoms with van der Waals surface area (Å²) in [6.45, 7) is 3.70. The molecule has 6 heteroatoms. The molecule has 0 fully saturated rings. The maximum absolute atomic E-state index is 12.4. The fourth-order valence-corrected chi connectivity index (χ4v) is 3.58. The molecule has 20 heavy (non-hydrogen) atoms. The van der Waals surface area contributed by atoms with Crippen molar-refractivity contribution in [2.45, 2.75) is 31.2 Å². The van der Waals surface area contributed by atoms with Crippen molar-refractivity contribution in [3.05, 3.63) is 47.8 Å². The van der Waals surface area contributed by atoms with Gasteiger partial charge in [0, 0.05) is 13.1 Å². The summed E-state index contributed by atoms with van der Waals surface area (Å²) in [6.07, 6.45) is 2.07. The third-order valence-corrected chi connectivity index (χ3v) is 4.96. The van der Waals surface area contributed by atoms with Crippen LogP contribution in [0.3, 0.4) is 0 Å². The standard InChI is InChI=1S/C14H19N3O2S/c1-4-13(12-8-6-5-7-9-12)16-20(18,19)14-10-15-17(3)11(14)2/h5-10,13,16H,4H2,1-3H3.